The van der Waals surface area contributed by atoms with Gasteiger partial charge in [0, 0.05) is 39.3 Å². The topological polar surface area (TPSA) is 35.9 Å². The fraction of sp³-hybridized carbons (Fsp3) is 0.296. The minimum Gasteiger partial charge on any atom is -0.458 e. The van der Waals surface area contributed by atoms with Crippen molar-refractivity contribution in [3.63, 3.8) is 0 Å². The maximum Gasteiger partial charge on any atom is 0.269 e. The molecule has 0 saturated heterocycles. The van der Waals surface area contributed by atoms with Gasteiger partial charge in [0.25, 0.3) is 6.33 Å². The quantitative estimate of drug-likeness (QED) is 0.0956. The molecule has 0 spiro atoms. The number of hydrogen-bond donors (Lipinski definition) is 0. The van der Waals surface area contributed by atoms with E-state index in [1.807, 2.05) is 6.20 Å². The number of hydrogen-bond acceptors (Lipinski definition) is 2. The molecule has 0 bridgehead atoms. The van der Waals surface area contributed by atoms with E-state index in [1.54, 1.807) is 0 Å². The molecular formula is C71H76N4O. The van der Waals surface area contributed by atoms with Crippen LogP contribution in [0.3, 0.4) is 0 Å². The summed E-state index contributed by atoms with van der Waals surface area (Å²) >= 11 is 0. The minimum absolute atomic E-state index is 0.0553. The summed E-state index contributed by atoms with van der Waals surface area (Å²) in [4.78, 5) is 5.06. The van der Waals surface area contributed by atoms with E-state index < -0.39 is 10.8 Å². The van der Waals surface area contributed by atoms with Crippen LogP contribution in [-0.2, 0) is 32.5 Å². The van der Waals surface area contributed by atoms with Gasteiger partial charge in [-0.2, -0.15) is 0 Å². The summed E-state index contributed by atoms with van der Waals surface area (Å²) in [6.45, 7) is 34.5. The summed E-state index contributed by atoms with van der Waals surface area (Å²) in [5, 5.41) is 2.32. The number of fused-ring (bicyclic) bond motifs is 3. The second-order valence-electron chi connectivity index (χ2n) is 25.7. The van der Waals surface area contributed by atoms with Crippen LogP contribution in [0.1, 0.15) is 154 Å². The third-order valence-electron chi connectivity index (χ3n) is 16.1. The van der Waals surface area contributed by atoms with Crippen LogP contribution < -0.4 is 9.30 Å². The average molecular weight is 1000 g/mol. The van der Waals surface area contributed by atoms with Gasteiger partial charge < -0.3 is 4.74 Å². The molecular weight excluding hydrogens is 925 g/mol. The van der Waals surface area contributed by atoms with Crippen molar-refractivity contribution in [2.75, 3.05) is 0 Å². The predicted molar refractivity (Wildman–Crippen MR) is 317 cm³/mol. The molecule has 5 nitrogen and oxygen atoms in total. The average Bonchev–Trinajstić information content (AvgIpc) is 4.03. The first-order valence-electron chi connectivity index (χ1n) is 27.1. The SMILES string of the molecule is CC(C)(C)c1cc(Oc2ccc3c4cc(C(C)(C)c5ccccc5)ccc4n(-c4cc(C(C)(C)C)ccn4)c3c2)cc(-n2[c-][n+](-c3cccc(C(C)(C)C)c3)c(C(C)(C)c3ccccc3)c2C(C)(C)c2ccccc2)c1. The molecule has 5 heteroatoms. The van der Waals surface area contributed by atoms with Crippen LogP contribution in [0, 0.1) is 6.33 Å². The Hall–Kier alpha value is -7.50. The van der Waals surface area contributed by atoms with Crippen molar-refractivity contribution in [3.8, 4) is 28.7 Å². The molecule has 76 heavy (non-hydrogen) atoms. The Morgan fingerprint density at radius 1 is 0.408 bits per heavy atom. The van der Waals surface area contributed by atoms with Gasteiger partial charge >= 0.3 is 0 Å². The zero-order chi connectivity index (χ0) is 54.2. The maximum atomic E-state index is 7.24. The van der Waals surface area contributed by atoms with E-state index >= 15 is 0 Å². The molecule has 386 valence electrons. The number of benzene rings is 7. The molecule has 3 heterocycles. The number of imidazole rings is 1. The van der Waals surface area contributed by atoms with Gasteiger partial charge in [0.15, 0.2) is 0 Å². The first-order chi connectivity index (χ1) is 35.8. The van der Waals surface area contributed by atoms with Crippen LogP contribution in [0.4, 0.5) is 0 Å². The first kappa shape index (κ1) is 52.0. The molecule has 0 radical (unpaired) electrons. The van der Waals surface area contributed by atoms with Crippen molar-refractivity contribution < 1.29 is 9.30 Å². The highest BCUT2D eigenvalue weighted by atomic mass is 16.5. The lowest BCUT2D eigenvalue weighted by atomic mass is 9.73. The van der Waals surface area contributed by atoms with Crippen molar-refractivity contribution >= 4 is 21.8 Å². The van der Waals surface area contributed by atoms with E-state index in [2.05, 4.69) is 306 Å². The summed E-state index contributed by atoms with van der Waals surface area (Å²) in [6, 6.07) is 66.4. The van der Waals surface area contributed by atoms with Crippen molar-refractivity contribution in [2.24, 2.45) is 0 Å². The number of pyridine rings is 1. The highest BCUT2D eigenvalue weighted by Gasteiger charge is 2.40. The number of aromatic nitrogens is 4. The summed E-state index contributed by atoms with van der Waals surface area (Å²) in [6.07, 6.45) is 6.00. The molecule has 0 fully saturated rings. The Labute approximate surface area is 452 Å². The summed E-state index contributed by atoms with van der Waals surface area (Å²) in [7, 11) is 0. The Balaban J connectivity index is 1.20. The lowest BCUT2D eigenvalue weighted by Crippen LogP contribution is -2.43. The maximum absolute atomic E-state index is 7.24. The van der Waals surface area contributed by atoms with Crippen molar-refractivity contribution in [3.05, 3.63) is 245 Å². The molecule has 7 aromatic carbocycles. The van der Waals surface area contributed by atoms with Gasteiger partial charge in [-0.1, -0.05) is 213 Å². The van der Waals surface area contributed by atoms with Gasteiger partial charge in [-0.15, -0.1) is 0 Å². The number of nitrogens with zero attached hydrogens (tertiary/aromatic N) is 4. The smallest absolute Gasteiger partial charge is 0.269 e. The van der Waals surface area contributed by atoms with E-state index in [0.29, 0.717) is 0 Å². The Morgan fingerprint density at radius 2 is 0.974 bits per heavy atom. The van der Waals surface area contributed by atoms with Crippen LogP contribution in [0.2, 0.25) is 0 Å². The monoisotopic (exact) mass is 1000 g/mol. The van der Waals surface area contributed by atoms with Crippen LogP contribution >= 0.6 is 0 Å². The van der Waals surface area contributed by atoms with E-state index in [4.69, 9.17) is 9.72 Å². The van der Waals surface area contributed by atoms with E-state index in [1.165, 1.54) is 44.5 Å². The zero-order valence-corrected chi connectivity index (χ0v) is 47.6. The van der Waals surface area contributed by atoms with Gasteiger partial charge in [0.1, 0.15) is 17.3 Å². The molecule has 0 unspecified atom stereocenters. The highest BCUT2D eigenvalue weighted by molar-refractivity contribution is 6.10. The molecule has 0 saturated carbocycles. The molecule has 0 N–H and O–H groups in total. The van der Waals surface area contributed by atoms with Crippen LogP contribution in [-0.4, -0.2) is 14.1 Å². The molecule has 0 aliphatic heterocycles. The molecule has 0 aliphatic rings. The summed E-state index contributed by atoms with van der Waals surface area (Å²) in [5.41, 5.74) is 13.6. The third kappa shape index (κ3) is 9.59. The van der Waals surface area contributed by atoms with Crippen molar-refractivity contribution in [1.29, 1.82) is 0 Å². The molecule has 0 amide bonds. The van der Waals surface area contributed by atoms with Crippen molar-refractivity contribution in [1.82, 2.24) is 14.1 Å². The summed E-state index contributed by atoms with van der Waals surface area (Å²) in [5.74, 6) is 2.37. The Kier molecular flexibility index (Phi) is 13.0. The minimum atomic E-state index is -0.488. The van der Waals surface area contributed by atoms with Gasteiger partial charge in [0.05, 0.1) is 33.8 Å². The largest absolute Gasteiger partial charge is 0.458 e. The Morgan fingerprint density at radius 3 is 1.58 bits per heavy atom. The van der Waals surface area contributed by atoms with E-state index in [-0.39, 0.29) is 21.7 Å². The lowest BCUT2D eigenvalue weighted by Gasteiger charge is -2.35. The third-order valence-corrected chi connectivity index (χ3v) is 16.1. The summed E-state index contributed by atoms with van der Waals surface area (Å²) < 4.78 is 14.2. The number of rotatable bonds is 11. The Bertz CT molecular complexity index is 3740. The molecule has 0 atom stereocenters. The van der Waals surface area contributed by atoms with Gasteiger partial charge in [-0.05, 0) is 122 Å². The van der Waals surface area contributed by atoms with Crippen LogP contribution in [0.5, 0.6) is 11.5 Å². The molecule has 0 aliphatic carbocycles. The van der Waals surface area contributed by atoms with Gasteiger partial charge in [0.2, 0.25) is 0 Å². The lowest BCUT2D eigenvalue weighted by molar-refractivity contribution is -0.611. The second kappa shape index (κ2) is 19.0. The molecule has 3 aromatic heterocycles. The molecule has 10 rings (SSSR count). The highest BCUT2D eigenvalue weighted by Crippen LogP contribution is 2.45. The number of ether oxygens (including phenoxy) is 1. The van der Waals surface area contributed by atoms with Crippen molar-refractivity contribution in [2.45, 2.75) is 136 Å². The van der Waals surface area contributed by atoms with Crippen LogP contribution in [0.25, 0.3) is 39.0 Å². The van der Waals surface area contributed by atoms with Gasteiger partial charge in [-0.3, -0.25) is 13.7 Å². The fourth-order valence-electron chi connectivity index (χ4n) is 11.1. The zero-order valence-electron chi connectivity index (χ0n) is 47.6. The molecule has 10 aromatic rings. The van der Waals surface area contributed by atoms with E-state index in [9.17, 15) is 0 Å². The predicted octanol–water partition coefficient (Wildman–Crippen LogP) is 17.7. The second-order valence-corrected chi connectivity index (χ2v) is 25.7. The van der Waals surface area contributed by atoms with Crippen LogP contribution in [0.15, 0.2) is 188 Å². The normalized spacial score (nSPS) is 12.9. The van der Waals surface area contributed by atoms with E-state index in [0.717, 1.165) is 56.4 Å². The fourth-order valence-corrected chi connectivity index (χ4v) is 11.1. The first-order valence-corrected chi connectivity index (χ1v) is 27.1. The van der Waals surface area contributed by atoms with Gasteiger partial charge in [-0.25, -0.2) is 4.98 Å². The standard InChI is InChI=1S/C71H76N4O/c1-66(2,3)51-32-25-33-55(40-51)73-47-74(65(71(14,15)50-30-23-18-24-31-50)64(73)70(12,13)49-28-21-17-22-29-49)56-41-54(68(7,8)9)42-58(45-56)76-57-35-36-59-60-43-53(69(10,11)48-26-19-16-20-27-48)34-37-61(60)75(62(59)46-57)63-44-52(38-39-72-63)67(4,5)6/h16-46H,1-15H3.